The maximum atomic E-state index is 14.8. The van der Waals surface area contributed by atoms with Gasteiger partial charge in [0.1, 0.15) is 13.3 Å². The standard InChI is InChI=1S/C53H78FNO4/c1-36(2)39-18-25-53(55-33-32-52(58)29-26-47(5,57)27-30-52)31-28-49(7)41(44(39)53)14-15-43-48(6)21-19-40(46(3,4)42(48)20-22-50(43,49)8)38-16-23-51(35-54,24-17-38)45(56)59-34-37-12-10-9-11-13-37/h9-13,16,19,39,41-44,55,57-58H,1,14-15,17-18,20-35H2,2-8H3/t39-,41+,42-,43+,44+,47?,48-,49+,50+,51+,52?,53-/m0/s1. The first-order chi connectivity index (χ1) is 27.8. The van der Waals surface area contributed by atoms with E-state index in [1.165, 1.54) is 68.1 Å². The number of allylic oxidation sites excluding steroid dienone is 5. The molecule has 10 atom stereocenters. The van der Waals surface area contributed by atoms with Crippen LogP contribution in [-0.4, -0.2) is 46.1 Å². The number of aliphatic hydroxyl groups is 2. The lowest BCUT2D eigenvalue weighted by Crippen LogP contribution is -2.68. The number of nitrogens with one attached hydrogen (secondary N) is 1. The van der Waals surface area contributed by atoms with Crippen molar-refractivity contribution in [3.8, 4) is 0 Å². The lowest BCUT2D eigenvalue weighted by molar-refractivity contribution is -0.221. The topological polar surface area (TPSA) is 78.8 Å². The van der Waals surface area contributed by atoms with Crippen LogP contribution in [0.1, 0.15) is 163 Å². The van der Waals surface area contributed by atoms with Crippen LogP contribution in [0.15, 0.2) is 65.8 Å². The Morgan fingerprint density at radius 1 is 0.831 bits per heavy atom. The average molecular weight is 812 g/mol. The van der Waals surface area contributed by atoms with Crippen LogP contribution in [0.3, 0.4) is 0 Å². The van der Waals surface area contributed by atoms with E-state index in [1.807, 2.05) is 37.3 Å². The van der Waals surface area contributed by atoms with Crippen molar-refractivity contribution in [3.05, 3.63) is 71.3 Å². The van der Waals surface area contributed by atoms with Gasteiger partial charge in [0.15, 0.2) is 0 Å². The van der Waals surface area contributed by atoms with Gasteiger partial charge in [0.2, 0.25) is 0 Å². The van der Waals surface area contributed by atoms with Gasteiger partial charge in [-0.15, -0.1) is 0 Å². The predicted octanol–water partition coefficient (Wildman–Crippen LogP) is 11.8. The fourth-order valence-corrected chi connectivity index (χ4v) is 16.0. The molecule has 0 unspecified atom stereocenters. The Morgan fingerprint density at radius 3 is 2.22 bits per heavy atom. The van der Waals surface area contributed by atoms with Gasteiger partial charge in [0.25, 0.3) is 0 Å². The molecular weight excluding hydrogens is 734 g/mol. The van der Waals surface area contributed by atoms with Crippen LogP contribution in [0.4, 0.5) is 4.39 Å². The highest BCUT2D eigenvalue weighted by molar-refractivity contribution is 5.78. The Hall–Kier alpha value is -2.28. The molecule has 5 saturated carbocycles. The van der Waals surface area contributed by atoms with Crippen molar-refractivity contribution < 1.29 is 24.1 Å². The third-order valence-electron chi connectivity index (χ3n) is 19.8. The summed E-state index contributed by atoms with van der Waals surface area (Å²) in [6.45, 7) is 22.2. The zero-order valence-corrected chi connectivity index (χ0v) is 37.9. The van der Waals surface area contributed by atoms with E-state index < -0.39 is 29.3 Å². The summed E-state index contributed by atoms with van der Waals surface area (Å²) in [5, 5.41) is 26.3. The second-order valence-corrected chi connectivity index (χ2v) is 23.2. The molecule has 1 aromatic carbocycles. The summed E-state index contributed by atoms with van der Waals surface area (Å²) in [5.41, 5.74) is 3.41. The summed E-state index contributed by atoms with van der Waals surface area (Å²) in [6, 6.07) is 9.68. The molecule has 5 fully saturated rings. The molecule has 0 bridgehead atoms. The number of carbonyl (C=O) groups excluding carboxylic acids is 1. The highest BCUT2D eigenvalue weighted by Crippen LogP contribution is 2.76. The molecule has 5 nitrogen and oxygen atoms in total. The van der Waals surface area contributed by atoms with Crippen molar-refractivity contribution in [1.29, 1.82) is 0 Å². The second kappa shape index (κ2) is 15.2. The van der Waals surface area contributed by atoms with Gasteiger partial charge in [-0.05, 0) is 198 Å². The number of esters is 1. The van der Waals surface area contributed by atoms with Gasteiger partial charge in [-0.3, -0.25) is 4.79 Å². The van der Waals surface area contributed by atoms with E-state index in [1.54, 1.807) is 0 Å². The second-order valence-electron chi connectivity index (χ2n) is 23.2. The van der Waals surface area contributed by atoms with Gasteiger partial charge < -0.3 is 20.3 Å². The molecule has 326 valence electrons. The Kier molecular flexibility index (Phi) is 11.2. The quantitative estimate of drug-likeness (QED) is 0.162. The van der Waals surface area contributed by atoms with Crippen LogP contribution in [0.25, 0.3) is 0 Å². The third-order valence-corrected chi connectivity index (χ3v) is 19.8. The highest BCUT2D eigenvalue weighted by atomic mass is 19.1. The molecule has 0 aromatic heterocycles. The van der Waals surface area contributed by atoms with Gasteiger partial charge >= 0.3 is 5.97 Å². The maximum Gasteiger partial charge on any atom is 0.315 e. The minimum Gasteiger partial charge on any atom is -0.460 e. The van der Waals surface area contributed by atoms with Crippen molar-refractivity contribution >= 4 is 5.97 Å². The summed E-state index contributed by atoms with van der Waals surface area (Å²) in [7, 11) is 0. The summed E-state index contributed by atoms with van der Waals surface area (Å²) in [4.78, 5) is 13.4. The van der Waals surface area contributed by atoms with Gasteiger partial charge in [-0.1, -0.05) is 89.3 Å². The summed E-state index contributed by atoms with van der Waals surface area (Å²) in [5.74, 6) is 2.56. The first-order valence-electron chi connectivity index (χ1n) is 23.8. The highest BCUT2D eigenvalue weighted by Gasteiger charge is 2.70. The van der Waals surface area contributed by atoms with Gasteiger partial charge in [0.05, 0.1) is 16.6 Å². The van der Waals surface area contributed by atoms with Crippen LogP contribution < -0.4 is 5.32 Å². The van der Waals surface area contributed by atoms with E-state index in [2.05, 4.69) is 65.6 Å². The van der Waals surface area contributed by atoms with Crippen LogP contribution in [0.2, 0.25) is 0 Å². The number of alkyl halides is 1. The molecular formula is C53H78FNO4. The molecule has 3 N–H and O–H groups in total. The largest absolute Gasteiger partial charge is 0.460 e. The van der Waals surface area contributed by atoms with E-state index in [-0.39, 0.29) is 33.8 Å². The first-order valence-corrected chi connectivity index (χ1v) is 23.8. The number of ether oxygens (including phenoxy) is 1. The Balaban J connectivity index is 0.997. The average Bonchev–Trinajstić information content (AvgIpc) is 3.59. The number of hydrogen-bond acceptors (Lipinski definition) is 5. The van der Waals surface area contributed by atoms with Crippen LogP contribution in [0, 0.1) is 56.7 Å². The summed E-state index contributed by atoms with van der Waals surface area (Å²) in [6.07, 6.45) is 20.9. The predicted molar refractivity (Wildman–Crippen MR) is 236 cm³/mol. The summed E-state index contributed by atoms with van der Waals surface area (Å²) >= 11 is 0. The minimum absolute atomic E-state index is 0.0121. The SMILES string of the molecule is C=C(C)[C@@H]1CC[C@]2(NCCC3(O)CCC(C)(O)CC3)CC[C@]3(C)[C@H](CC[C@@H]4[C@@]5(C)CC=C(C6=CC[C@@](CF)(C(=O)OCc7ccccc7)CC6)C(C)(C)[C@@H]5CC[C@]43C)[C@@H]12. The Labute approximate surface area is 356 Å². The molecule has 59 heavy (non-hydrogen) atoms. The lowest BCUT2D eigenvalue weighted by Gasteiger charge is -2.72. The number of carbonyl (C=O) groups is 1. The number of halogens is 1. The molecule has 0 spiro atoms. The van der Waals surface area contributed by atoms with E-state index >= 15 is 0 Å². The molecule has 0 saturated heterocycles. The normalized spacial score (nSPS) is 45.2. The Morgan fingerprint density at radius 2 is 1.56 bits per heavy atom. The molecule has 0 radical (unpaired) electrons. The van der Waals surface area contributed by atoms with Gasteiger partial charge in [-0.2, -0.15) is 0 Å². The lowest BCUT2D eigenvalue weighted by atomic mass is 9.33. The third kappa shape index (κ3) is 7.08. The monoisotopic (exact) mass is 812 g/mol. The maximum absolute atomic E-state index is 14.8. The number of rotatable bonds is 10. The van der Waals surface area contributed by atoms with Crippen LogP contribution >= 0.6 is 0 Å². The molecule has 7 aliphatic carbocycles. The number of fused-ring (bicyclic) bond motifs is 7. The van der Waals surface area contributed by atoms with Crippen LogP contribution in [-0.2, 0) is 16.1 Å². The van der Waals surface area contributed by atoms with Crippen molar-refractivity contribution in [2.45, 2.75) is 181 Å². The zero-order valence-electron chi connectivity index (χ0n) is 37.9. The van der Waals surface area contributed by atoms with Crippen molar-refractivity contribution in [1.82, 2.24) is 5.32 Å². The molecule has 7 aliphatic rings. The van der Waals surface area contributed by atoms with Crippen molar-refractivity contribution in [2.24, 2.45) is 56.7 Å². The molecule has 0 heterocycles. The van der Waals surface area contributed by atoms with E-state index in [4.69, 9.17) is 4.74 Å². The molecule has 0 amide bonds. The van der Waals surface area contributed by atoms with E-state index in [9.17, 15) is 19.4 Å². The summed E-state index contributed by atoms with van der Waals surface area (Å²) < 4.78 is 20.5. The van der Waals surface area contributed by atoms with Gasteiger partial charge in [0, 0.05) is 5.54 Å². The molecule has 8 rings (SSSR count). The van der Waals surface area contributed by atoms with E-state index in [0.717, 1.165) is 24.9 Å². The van der Waals surface area contributed by atoms with Gasteiger partial charge in [-0.25, -0.2) is 4.39 Å². The fourth-order valence-electron chi connectivity index (χ4n) is 16.0. The minimum atomic E-state index is -1.10. The fraction of sp³-hybridized carbons (Fsp3) is 0.755. The molecule has 6 heteroatoms. The van der Waals surface area contributed by atoms with E-state index in [0.29, 0.717) is 74.5 Å². The number of benzene rings is 1. The van der Waals surface area contributed by atoms with Crippen LogP contribution in [0.5, 0.6) is 0 Å². The number of hydrogen-bond donors (Lipinski definition) is 3. The molecule has 1 aromatic rings. The smallest absolute Gasteiger partial charge is 0.315 e. The first kappa shape index (κ1) is 43.4. The van der Waals surface area contributed by atoms with Crippen molar-refractivity contribution in [2.75, 3.05) is 13.2 Å². The zero-order chi connectivity index (χ0) is 42.3. The Bertz CT molecular complexity index is 1820. The molecule has 0 aliphatic heterocycles. The van der Waals surface area contributed by atoms with Crippen molar-refractivity contribution in [3.63, 3.8) is 0 Å².